The van der Waals surface area contributed by atoms with Crippen LogP contribution in [0.25, 0.3) is 0 Å². The Kier molecular flexibility index (Phi) is 2.75. The molecule has 1 spiro atoms. The van der Waals surface area contributed by atoms with Crippen molar-refractivity contribution in [1.29, 1.82) is 0 Å². The first kappa shape index (κ1) is 12.4. The summed E-state index contributed by atoms with van der Waals surface area (Å²) in [5.41, 5.74) is 0.758. The lowest BCUT2D eigenvalue weighted by Crippen LogP contribution is -2.63. The maximum Gasteiger partial charge on any atom is 0.407 e. The van der Waals surface area contributed by atoms with E-state index in [4.69, 9.17) is 9.94 Å². The molecule has 0 unspecified atom stereocenters. The van der Waals surface area contributed by atoms with Crippen LogP contribution in [0.2, 0.25) is 0 Å². The summed E-state index contributed by atoms with van der Waals surface area (Å²) in [6, 6.07) is 6.64. The summed E-state index contributed by atoms with van der Waals surface area (Å²) in [6.45, 7) is 0.645. The molecule has 2 heterocycles. The predicted molar refractivity (Wildman–Crippen MR) is 70.5 cm³/mol. The van der Waals surface area contributed by atoms with Gasteiger partial charge in [0.2, 0.25) is 0 Å². The Balaban J connectivity index is 1.63. The van der Waals surface area contributed by atoms with E-state index in [1.165, 1.54) is 4.90 Å². The Morgan fingerprint density at radius 1 is 1.40 bits per heavy atom. The predicted octanol–water partition coefficient (Wildman–Crippen LogP) is 1.25. The highest BCUT2D eigenvalue weighted by molar-refractivity contribution is 6.02. The third-order valence-electron chi connectivity index (χ3n) is 3.26. The van der Waals surface area contributed by atoms with Gasteiger partial charge in [0, 0.05) is 12.0 Å². The molecule has 102 valence electrons. The van der Waals surface area contributed by atoms with Gasteiger partial charge >= 0.3 is 6.09 Å². The number of hydrogen-bond acceptors (Lipinski definition) is 4. The number of carboxylic acid groups (broad SMARTS) is 1. The highest BCUT2D eigenvalue weighted by Crippen LogP contribution is 2.33. The molecular formula is C14H12N2O4. The number of oxime groups is 1. The fraction of sp³-hybridized carbons (Fsp3) is 0.286. The third kappa shape index (κ3) is 2.26. The average Bonchev–Trinajstić information content (AvgIpc) is 2.79. The van der Waals surface area contributed by atoms with Crippen LogP contribution in [-0.2, 0) is 4.84 Å². The van der Waals surface area contributed by atoms with Gasteiger partial charge in [-0.05, 0) is 24.1 Å². The van der Waals surface area contributed by atoms with Crippen molar-refractivity contribution < 1.29 is 19.8 Å². The summed E-state index contributed by atoms with van der Waals surface area (Å²) < 4.78 is 0. The number of hydrogen-bond donors (Lipinski definition) is 2. The number of nitrogens with zero attached hydrogens (tertiary/aromatic N) is 2. The van der Waals surface area contributed by atoms with Crippen molar-refractivity contribution in [2.75, 3.05) is 13.1 Å². The fourth-order valence-electron chi connectivity index (χ4n) is 2.27. The van der Waals surface area contributed by atoms with Crippen LogP contribution in [0.3, 0.4) is 0 Å². The Bertz CT molecular complexity index is 651. The average molecular weight is 272 g/mol. The number of benzene rings is 1. The van der Waals surface area contributed by atoms with Crippen molar-refractivity contribution in [2.45, 2.75) is 12.0 Å². The van der Waals surface area contributed by atoms with Crippen LogP contribution < -0.4 is 0 Å². The zero-order chi connectivity index (χ0) is 14.2. The normalized spacial score (nSPS) is 18.6. The van der Waals surface area contributed by atoms with Crippen molar-refractivity contribution in [2.24, 2.45) is 5.16 Å². The van der Waals surface area contributed by atoms with Gasteiger partial charge in [0.1, 0.15) is 11.5 Å². The standard InChI is InChI=1S/C14H12N2O4/c17-12-3-1-2-10(6-12)4-5-11-7-14(20-15-11)8-16(9-14)13(18)19/h1-3,6,17H,7-9H2,(H,18,19). The van der Waals surface area contributed by atoms with Crippen molar-refractivity contribution >= 4 is 11.8 Å². The minimum absolute atomic E-state index is 0.161. The van der Waals surface area contributed by atoms with Gasteiger partial charge in [-0.25, -0.2) is 4.79 Å². The molecule has 0 atom stereocenters. The molecule has 2 N–H and O–H groups in total. The van der Waals surface area contributed by atoms with Crippen molar-refractivity contribution in [3.63, 3.8) is 0 Å². The van der Waals surface area contributed by atoms with Gasteiger partial charge in [0.15, 0.2) is 5.60 Å². The molecule has 1 amide bonds. The van der Waals surface area contributed by atoms with Gasteiger partial charge in [-0.15, -0.1) is 0 Å². The quantitative estimate of drug-likeness (QED) is 0.696. The van der Waals surface area contributed by atoms with Crippen LogP contribution in [-0.4, -0.2) is 45.6 Å². The molecule has 3 rings (SSSR count). The zero-order valence-corrected chi connectivity index (χ0v) is 10.5. The van der Waals surface area contributed by atoms with Gasteiger partial charge in [0.25, 0.3) is 0 Å². The van der Waals surface area contributed by atoms with E-state index < -0.39 is 11.7 Å². The van der Waals surface area contributed by atoms with Crippen molar-refractivity contribution in [1.82, 2.24) is 4.90 Å². The summed E-state index contributed by atoms with van der Waals surface area (Å²) >= 11 is 0. The molecule has 0 aliphatic carbocycles. The van der Waals surface area contributed by atoms with E-state index in [1.807, 2.05) is 0 Å². The van der Waals surface area contributed by atoms with Crippen molar-refractivity contribution in [3.05, 3.63) is 29.8 Å². The molecule has 20 heavy (non-hydrogen) atoms. The molecule has 2 aliphatic rings. The summed E-state index contributed by atoms with van der Waals surface area (Å²) in [5, 5.41) is 22.0. The highest BCUT2D eigenvalue weighted by Gasteiger charge is 2.51. The number of amides is 1. The number of aromatic hydroxyl groups is 1. The molecule has 1 fully saturated rings. The number of rotatable bonds is 0. The van der Waals surface area contributed by atoms with Gasteiger partial charge in [-0.3, -0.25) is 4.90 Å². The minimum Gasteiger partial charge on any atom is -0.508 e. The maximum atomic E-state index is 10.7. The molecule has 1 aromatic carbocycles. The minimum atomic E-state index is -0.946. The van der Waals surface area contributed by atoms with E-state index in [-0.39, 0.29) is 5.75 Å². The lowest BCUT2D eigenvalue weighted by atomic mass is 9.89. The molecule has 6 heteroatoms. The number of phenols is 1. The van der Waals surface area contributed by atoms with Crippen LogP contribution in [0.15, 0.2) is 29.4 Å². The van der Waals surface area contributed by atoms with Crippen molar-refractivity contribution in [3.8, 4) is 17.6 Å². The smallest absolute Gasteiger partial charge is 0.407 e. The largest absolute Gasteiger partial charge is 0.508 e. The molecule has 0 bridgehead atoms. The molecule has 6 nitrogen and oxygen atoms in total. The Morgan fingerprint density at radius 2 is 2.20 bits per heavy atom. The van der Waals surface area contributed by atoms with Gasteiger partial charge in [-0.1, -0.05) is 17.1 Å². The zero-order valence-electron chi connectivity index (χ0n) is 10.5. The topological polar surface area (TPSA) is 82.4 Å². The molecule has 2 aliphatic heterocycles. The summed E-state index contributed by atoms with van der Waals surface area (Å²) in [5.74, 6) is 5.95. The van der Waals surface area contributed by atoms with Gasteiger partial charge in [0.05, 0.1) is 13.1 Å². The summed E-state index contributed by atoms with van der Waals surface area (Å²) in [6.07, 6.45) is -0.429. The van der Waals surface area contributed by atoms with Gasteiger partial charge in [-0.2, -0.15) is 0 Å². The lowest BCUT2D eigenvalue weighted by Gasteiger charge is -2.43. The van der Waals surface area contributed by atoms with E-state index in [1.54, 1.807) is 24.3 Å². The van der Waals surface area contributed by atoms with Crippen LogP contribution in [0.5, 0.6) is 5.75 Å². The SMILES string of the molecule is O=C(O)N1CC2(CC(C#Cc3cccc(O)c3)=NO2)C1. The Hall–Kier alpha value is -2.68. The third-order valence-corrected chi connectivity index (χ3v) is 3.26. The van der Waals surface area contributed by atoms with Gasteiger partial charge < -0.3 is 15.1 Å². The summed E-state index contributed by atoms with van der Waals surface area (Å²) in [7, 11) is 0. The molecule has 0 saturated carbocycles. The second-order valence-corrected chi connectivity index (χ2v) is 4.93. The fourth-order valence-corrected chi connectivity index (χ4v) is 2.27. The summed E-state index contributed by atoms with van der Waals surface area (Å²) in [4.78, 5) is 17.3. The lowest BCUT2D eigenvalue weighted by molar-refractivity contribution is -0.113. The Labute approximate surface area is 115 Å². The van der Waals surface area contributed by atoms with E-state index in [2.05, 4.69) is 17.0 Å². The van der Waals surface area contributed by atoms with E-state index >= 15 is 0 Å². The molecule has 0 aromatic heterocycles. The number of likely N-dealkylation sites (tertiary alicyclic amines) is 1. The van der Waals surface area contributed by atoms with Crippen LogP contribution in [0.4, 0.5) is 4.79 Å². The monoisotopic (exact) mass is 272 g/mol. The first-order chi connectivity index (χ1) is 9.56. The number of carbonyl (C=O) groups is 1. The molecule has 0 radical (unpaired) electrons. The molecule has 1 aromatic rings. The highest BCUT2D eigenvalue weighted by atomic mass is 16.7. The van der Waals surface area contributed by atoms with E-state index in [0.29, 0.717) is 30.8 Å². The second-order valence-electron chi connectivity index (χ2n) is 4.93. The second kappa shape index (κ2) is 4.46. The van der Waals surface area contributed by atoms with Crippen LogP contribution in [0, 0.1) is 11.8 Å². The first-order valence-electron chi connectivity index (χ1n) is 6.10. The maximum absolute atomic E-state index is 10.7. The van der Waals surface area contributed by atoms with Crippen LogP contribution in [0.1, 0.15) is 12.0 Å². The van der Waals surface area contributed by atoms with E-state index in [9.17, 15) is 9.90 Å². The molecular weight excluding hydrogens is 260 g/mol. The van der Waals surface area contributed by atoms with E-state index in [0.717, 1.165) is 0 Å². The Morgan fingerprint density at radius 3 is 2.90 bits per heavy atom. The number of phenolic OH excluding ortho intramolecular Hbond substituents is 1. The van der Waals surface area contributed by atoms with Crippen LogP contribution >= 0.6 is 0 Å². The molecule has 1 saturated heterocycles. The first-order valence-corrected chi connectivity index (χ1v) is 6.10.